The number of carbonyl (C=O) groups is 2. The summed E-state index contributed by atoms with van der Waals surface area (Å²) >= 11 is 0. The van der Waals surface area contributed by atoms with E-state index >= 15 is 0 Å². The van der Waals surface area contributed by atoms with Crippen LogP contribution >= 0.6 is 0 Å². The van der Waals surface area contributed by atoms with E-state index in [0.717, 1.165) is 11.0 Å². The Hall–Kier alpha value is -2.48. The number of β-lactam (4-membered cyclic amide) rings is 1. The first-order valence-electron chi connectivity index (χ1n) is 7.83. The van der Waals surface area contributed by atoms with Crippen LogP contribution in [-0.2, 0) is 9.59 Å². The van der Waals surface area contributed by atoms with Gasteiger partial charge < -0.3 is 9.90 Å². The standard InChI is InChI=1S/C18H12N4O3.Na/c23-17-11(13-5-6-15(18(24)25)22(13)17)7-10-9-21-14-4-2-1-3-12(14)19-8-16(21)20-10;/h1-4,6-9,13H,5H2,(H,24,25);/q;+1/p-1/b11-7+;. The van der Waals surface area contributed by atoms with Crippen molar-refractivity contribution in [2.75, 3.05) is 0 Å². The molecule has 0 N–H and O–H groups in total. The van der Waals surface area contributed by atoms with Gasteiger partial charge in [-0.1, -0.05) is 18.2 Å². The molecule has 1 atom stereocenters. The largest absolute Gasteiger partial charge is 1.00 e. The Morgan fingerprint density at radius 3 is 2.92 bits per heavy atom. The quantitative estimate of drug-likeness (QED) is 0.289. The number of aromatic nitrogens is 3. The van der Waals surface area contributed by atoms with Gasteiger partial charge in [0.2, 0.25) is 0 Å². The van der Waals surface area contributed by atoms with Crippen molar-refractivity contribution >= 4 is 34.6 Å². The van der Waals surface area contributed by atoms with Crippen molar-refractivity contribution < 1.29 is 44.3 Å². The summed E-state index contributed by atoms with van der Waals surface area (Å²) in [6.45, 7) is 0. The van der Waals surface area contributed by atoms with Crippen LogP contribution in [0, 0.1) is 0 Å². The molecule has 1 amide bonds. The van der Waals surface area contributed by atoms with Crippen LogP contribution in [0.25, 0.3) is 22.8 Å². The Morgan fingerprint density at radius 2 is 2.12 bits per heavy atom. The van der Waals surface area contributed by atoms with Crippen molar-refractivity contribution in [3.63, 3.8) is 0 Å². The summed E-state index contributed by atoms with van der Waals surface area (Å²) in [6, 6.07) is 7.49. The fraction of sp³-hybridized carbons (Fsp3) is 0.111. The summed E-state index contributed by atoms with van der Waals surface area (Å²) in [4.78, 5) is 33.4. The fourth-order valence-corrected chi connectivity index (χ4v) is 3.50. The maximum atomic E-state index is 12.3. The normalized spacial score (nSPS) is 20.1. The Kier molecular flexibility index (Phi) is 3.95. The van der Waals surface area contributed by atoms with E-state index in [1.807, 2.05) is 34.9 Å². The van der Waals surface area contributed by atoms with Crippen molar-refractivity contribution in [2.45, 2.75) is 12.5 Å². The Balaban J connectivity index is 0.00000168. The van der Waals surface area contributed by atoms with E-state index in [1.165, 1.54) is 11.0 Å². The van der Waals surface area contributed by atoms with Crippen LogP contribution in [0.5, 0.6) is 0 Å². The summed E-state index contributed by atoms with van der Waals surface area (Å²) in [5.74, 6) is -1.63. The van der Waals surface area contributed by atoms with Gasteiger partial charge in [-0.2, -0.15) is 0 Å². The van der Waals surface area contributed by atoms with Crippen LogP contribution in [0.3, 0.4) is 0 Å². The molecule has 2 aromatic heterocycles. The van der Waals surface area contributed by atoms with E-state index < -0.39 is 5.97 Å². The van der Waals surface area contributed by atoms with Crippen LogP contribution in [0.2, 0.25) is 0 Å². The predicted octanol–water partition coefficient (Wildman–Crippen LogP) is -2.48. The number of carboxylic acids is 1. The predicted molar refractivity (Wildman–Crippen MR) is 86.8 cm³/mol. The maximum absolute atomic E-state index is 12.3. The summed E-state index contributed by atoms with van der Waals surface area (Å²) in [5.41, 5.74) is 3.64. The zero-order valence-electron chi connectivity index (χ0n) is 13.9. The molecule has 0 spiro atoms. The first kappa shape index (κ1) is 17.0. The summed E-state index contributed by atoms with van der Waals surface area (Å²) in [6.07, 6.45) is 7.27. The number of rotatable bonds is 2. The molecule has 3 aromatic rings. The van der Waals surface area contributed by atoms with Gasteiger partial charge in [0.1, 0.15) is 0 Å². The van der Waals surface area contributed by atoms with Crippen molar-refractivity contribution in [2.24, 2.45) is 0 Å². The Bertz CT molecular complexity index is 1150. The van der Waals surface area contributed by atoms with Gasteiger partial charge in [0.25, 0.3) is 5.91 Å². The third kappa shape index (κ3) is 2.32. The second-order valence-corrected chi connectivity index (χ2v) is 6.04. The minimum Gasteiger partial charge on any atom is -0.543 e. The van der Waals surface area contributed by atoms with E-state index in [2.05, 4.69) is 9.97 Å². The van der Waals surface area contributed by atoms with Gasteiger partial charge in [0, 0.05) is 11.8 Å². The van der Waals surface area contributed by atoms with Gasteiger partial charge in [-0.25, -0.2) is 4.98 Å². The third-order valence-corrected chi connectivity index (χ3v) is 4.66. The van der Waals surface area contributed by atoms with Gasteiger partial charge in [0.05, 0.1) is 40.6 Å². The van der Waals surface area contributed by atoms with Gasteiger partial charge >= 0.3 is 29.6 Å². The molecule has 0 saturated carbocycles. The molecule has 26 heavy (non-hydrogen) atoms. The molecule has 5 rings (SSSR count). The van der Waals surface area contributed by atoms with Crippen molar-refractivity contribution in [3.8, 4) is 0 Å². The SMILES string of the molecule is O=C([O-])C1=CCC2/C(=C\c3cn4c(cnc5ccccc54)n3)C(=O)N12.[Na+]. The van der Waals surface area contributed by atoms with E-state index in [0.29, 0.717) is 23.3 Å². The number of aliphatic carboxylic acids is 1. The van der Waals surface area contributed by atoms with Crippen molar-refractivity contribution in [1.82, 2.24) is 19.3 Å². The number of hydrogen-bond donors (Lipinski definition) is 0. The molecule has 2 aliphatic heterocycles. The topological polar surface area (TPSA) is 90.6 Å². The first-order valence-corrected chi connectivity index (χ1v) is 7.83. The number of imidazole rings is 1. The maximum Gasteiger partial charge on any atom is 1.00 e. The van der Waals surface area contributed by atoms with Gasteiger partial charge in [0.15, 0.2) is 5.65 Å². The monoisotopic (exact) mass is 354 g/mol. The molecule has 8 heteroatoms. The van der Waals surface area contributed by atoms with Crippen LogP contribution in [-0.4, -0.2) is 37.2 Å². The number of carboxylic acid groups (broad SMARTS) is 1. The van der Waals surface area contributed by atoms with Crippen LogP contribution in [0.1, 0.15) is 12.1 Å². The zero-order chi connectivity index (χ0) is 17.1. The number of para-hydroxylation sites is 2. The van der Waals surface area contributed by atoms with E-state index in [4.69, 9.17) is 0 Å². The molecule has 1 saturated heterocycles. The minimum absolute atomic E-state index is 0. The average molecular weight is 354 g/mol. The van der Waals surface area contributed by atoms with Crippen molar-refractivity contribution in [1.29, 1.82) is 0 Å². The van der Waals surface area contributed by atoms with Crippen LogP contribution in [0.15, 0.2) is 54.0 Å². The smallest absolute Gasteiger partial charge is 0.543 e. The molecular weight excluding hydrogens is 343 g/mol. The second-order valence-electron chi connectivity index (χ2n) is 6.04. The fourth-order valence-electron chi connectivity index (χ4n) is 3.50. The van der Waals surface area contributed by atoms with Gasteiger partial charge in [-0.05, 0) is 24.6 Å². The molecule has 2 aliphatic rings. The molecule has 1 unspecified atom stereocenters. The average Bonchev–Trinajstić information content (AvgIpc) is 3.21. The second kappa shape index (κ2) is 6.05. The first-order chi connectivity index (χ1) is 12.1. The van der Waals surface area contributed by atoms with Crippen LogP contribution in [0.4, 0.5) is 0 Å². The molecule has 7 nitrogen and oxygen atoms in total. The molecule has 1 fully saturated rings. The molecule has 0 radical (unpaired) electrons. The molecule has 122 valence electrons. The number of carbonyl (C=O) groups excluding carboxylic acids is 2. The van der Waals surface area contributed by atoms with E-state index in [9.17, 15) is 14.7 Å². The summed E-state index contributed by atoms with van der Waals surface area (Å²) in [7, 11) is 0. The third-order valence-electron chi connectivity index (χ3n) is 4.66. The number of nitrogens with zero attached hydrogens (tertiary/aromatic N) is 4. The van der Waals surface area contributed by atoms with Crippen LogP contribution < -0.4 is 34.7 Å². The molecule has 1 aromatic carbocycles. The van der Waals surface area contributed by atoms with E-state index in [1.54, 1.807) is 12.3 Å². The number of benzene rings is 1. The van der Waals surface area contributed by atoms with Crippen molar-refractivity contribution in [3.05, 3.63) is 59.7 Å². The Morgan fingerprint density at radius 1 is 1.31 bits per heavy atom. The van der Waals surface area contributed by atoms with E-state index in [-0.39, 0.29) is 47.2 Å². The Labute approximate surface area is 169 Å². The minimum atomic E-state index is -1.32. The molecule has 0 aliphatic carbocycles. The zero-order valence-corrected chi connectivity index (χ0v) is 15.9. The summed E-state index contributed by atoms with van der Waals surface area (Å²) < 4.78 is 1.93. The van der Waals surface area contributed by atoms with Gasteiger partial charge in [-0.15, -0.1) is 0 Å². The molecule has 4 heterocycles. The molecular formula is C18H11N4NaO3. The number of amides is 1. The van der Waals surface area contributed by atoms with Gasteiger partial charge in [-0.3, -0.25) is 19.1 Å². The number of hydrogen-bond acceptors (Lipinski definition) is 5. The number of fused-ring (bicyclic) bond motifs is 4. The molecule has 0 bridgehead atoms. The summed E-state index contributed by atoms with van der Waals surface area (Å²) in [5, 5.41) is 11.0.